The molecule has 0 unspecified atom stereocenters. The molecule has 0 saturated heterocycles. The highest BCUT2D eigenvalue weighted by Gasteiger charge is 2.07. The molecular formula is C14H13ClN2O2. The summed E-state index contributed by atoms with van der Waals surface area (Å²) in [6.45, 7) is 3.87. The van der Waals surface area contributed by atoms with E-state index in [4.69, 9.17) is 16.7 Å². The SMILES string of the molecule is Cc1cc(C)n(-c2ccc(/C=C/C(=O)O)cc2Cl)n1. The average Bonchev–Trinajstić information content (AvgIpc) is 2.66. The van der Waals surface area contributed by atoms with Crippen molar-refractivity contribution in [3.8, 4) is 5.69 Å². The van der Waals surface area contributed by atoms with Crippen LogP contribution in [0.1, 0.15) is 17.0 Å². The molecule has 1 aromatic heterocycles. The molecule has 1 aromatic carbocycles. The van der Waals surface area contributed by atoms with Gasteiger partial charge in [0.05, 0.1) is 16.4 Å². The van der Waals surface area contributed by atoms with Crippen LogP contribution in [0.3, 0.4) is 0 Å². The average molecular weight is 277 g/mol. The third-order valence-corrected chi connectivity index (χ3v) is 2.93. The first kappa shape index (κ1) is 13.4. The Morgan fingerprint density at radius 2 is 2.11 bits per heavy atom. The van der Waals surface area contributed by atoms with Crippen molar-refractivity contribution >= 4 is 23.6 Å². The lowest BCUT2D eigenvalue weighted by molar-refractivity contribution is -0.131. The fourth-order valence-electron chi connectivity index (χ4n) is 1.84. The van der Waals surface area contributed by atoms with Gasteiger partial charge in [0.15, 0.2) is 0 Å². The first-order chi connectivity index (χ1) is 8.97. The highest BCUT2D eigenvalue weighted by molar-refractivity contribution is 6.32. The van der Waals surface area contributed by atoms with Crippen LogP contribution in [0.25, 0.3) is 11.8 Å². The Morgan fingerprint density at radius 3 is 2.63 bits per heavy atom. The molecule has 4 nitrogen and oxygen atoms in total. The van der Waals surface area contributed by atoms with E-state index in [1.54, 1.807) is 16.8 Å². The molecule has 0 bridgehead atoms. The number of carbonyl (C=O) groups is 1. The van der Waals surface area contributed by atoms with Crippen molar-refractivity contribution < 1.29 is 9.90 Å². The second kappa shape index (κ2) is 5.28. The summed E-state index contributed by atoms with van der Waals surface area (Å²) in [5.74, 6) is -0.987. The molecule has 1 heterocycles. The van der Waals surface area contributed by atoms with Gasteiger partial charge in [0.1, 0.15) is 0 Å². The van der Waals surface area contributed by atoms with Crippen molar-refractivity contribution in [1.82, 2.24) is 9.78 Å². The van der Waals surface area contributed by atoms with E-state index in [2.05, 4.69) is 5.10 Å². The molecular weight excluding hydrogens is 264 g/mol. The Balaban J connectivity index is 2.40. The minimum Gasteiger partial charge on any atom is -0.478 e. The molecule has 0 atom stereocenters. The Morgan fingerprint density at radius 1 is 1.37 bits per heavy atom. The summed E-state index contributed by atoms with van der Waals surface area (Å²) in [5.41, 5.74) is 3.43. The monoisotopic (exact) mass is 276 g/mol. The number of aryl methyl sites for hydroxylation is 2. The highest BCUT2D eigenvalue weighted by atomic mass is 35.5. The number of nitrogens with zero attached hydrogens (tertiary/aromatic N) is 2. The van der Waals surface area contributed by atoms with Crippen LogP contribution in [0.5, 0.6) is 0 Å². The number of aromatic nitrogens is 2. The smallest absolute Gasteiger partial charge is 0.328 e. The maximum Gasteiger partial charge on any atom is 0.328 e. The second-order valence-corrected chi connectivity index (χ2v) is 4.63. The number of aliphatic carboxylic acids is 1. The normalized spacial score (nSPS) is 11.1. The van der Waals surface area contributed by atoms with Crippen molar-refractivity contribution in [2.75, 3.05) is 0 Å². The van der Waals surface area contributed by atoms with Gasteiger partial charge in [0, 0.05) is 11.8 Å². The van der Waals surface area contributed by atoms with Crippen molar-refractivity contribution in [2.45, 2.75) is 13.8 Å². The predicted molar refractivity (Wildman–Crippen MR) is 74.7 cm³/mol. The largest absolute Gasteiger partial charge is 0.478 e. The summed E-state index contributed by atoms with van der Waals surface area (Å²) in [4.78, 5) is 10.5. The minimum absolute atomic E-state index is 0.527. The van der Waals surface area contributed by atoms with Crippen LogP contribution in [-0.4, -0.2) is 20.9 Å². The summed E-state index contributed by atoms with van der Waals surface area (Å²) < 4.78 is 1.77. The lowest BCUT2D eigenvalue weighted by atomic mass is 10.2. The summed E-state index contributed by atoms with van der Waals surface area (Å²) in [6.07, 6.45) is 2.58. The summed E-state index contributed by atoms with van der Waals surface area (Å²) in [7, 11) is 0. The van der Waals surface area contributed by atoms with Crippen LogP contribution in [-0.2, 0) is 4.79 Å². The van der Waals surface area contributed by atoms with Gasteiger partial charge in [0.2, 0.25) is 0 Å². The van der Waals surface area contributed by atoms with Crippen LogP contribution in [0.2, 0.25) is 5.02 Å². The van der Waals surface area contributed by atoms with Gasteiger partial charge in [-0.05, 0) is 43.7 Å². The van der Waals surface area contributed by atoms with Crippen molar-refractivity contribution in [1.29, 1.82) is 0 Å². The molecule has 0 aliphatic carbocycles. The molecule has 5 heteroatoms. The molecule has 0 aliphatic heterocycles. The molecule has 2 rings (SSSR count). The second-order valence-electron chi connectivity index (χ2n) is 4.22. The van der Waals surface area contributed by atoms with Crippen LogP contribution < -0.4 is 0 Å². The molecule has 0 amide bonds. The van der Waals surface area contributed by atoms with E-state index in [1.807, 2.05) is 26.0 Å². The molecule has 19 heavy (non-hydrogen) atoms. The molecule has 0 saturated carbocycles. The molecule has 2 aromatic rings. The molecule has 0 fully saturated rings. The van der Waals surface area contributed by atoms with Gasteiger partial charge in [-0.15, -0.1) is 0 Å². The van der Waals surface area contributed by atoms with Gasteiger partial charge in [-0.1, -0.05) is 17.7 Å². The van der Waals surface area contributed by atoms with E-state index in [0.29, 0.717) is 5.02 Å². The Bertz CT molecular complexity index is 659. The highest BCUT2D eigenvalue weighted by Crippen LogP contribution is 2.23. The molecule has 98 valence electrons. The fourth-order valence-corrected chi connectivity index (χ4v) is 2.11. The minimum atomic E-state index is -0.987. The summed E-state index contributed by atoms with van der Waals surface area (Å²) >= 11 is 6.22. The van der Waals surface area contributed by atoms with E-state index in [9.17, 15) is 4.79 Å². The van der Waals surface area contributed by atoms with Gasteiger partial charge in [-0.2, -0.15) is 5.10 Å². The zero-order valence-electron chi connectivity index (χ0n) is 10.6. The number of carboxylic acid groups (broad SMARTS) is 1. The van der Waals surface area contributed by atoms with Crippen LogP contribution >= 0.6 is 11.6 Å². The third kappa shape index (κ3) is 3.03. The van der Waals surface area contributed by atoms with E-state index >= 15 is 0 Å². The van der Waals surface area contributed by atoms with Crippen molar-refractivity contribution in [3.63, 3.8) is 0 Å². The lowest BCUT2D eigenvalue weighted by Crippen LogP contribution is -2.00. The summed E-state index contributed by atoms with van der Waals surface area (Å²) in [5, 5.41) is 13.5. The molecule has 0 radical (unpaired) electrons. The van der Waals surface area contributed by atoms with Crippen molar-refractivity contribution in [2.24, 2.45) is 0 Å². The number of rotatable bonds is 3. The number of hydrogen-bond acceptors (Lipinski definition) is 2. The van der Waals surface area contributed by atoms with Gasteiger partial charge >= 0.3 is 5.97 Å². The topological polar surface area (TPSA) is 55.1 Å². The van der Waals surface area contributed by atoms with Gasteiger partial charge in [-0.3, -0.25) is 0 Å². The zero-order valence-corrected chi connectivity index (χ0v) is 11.3. The first-order valence-electron chi connectivity index (χ1n) is 5.71. The Labute approximate surface area is 115 Å². The summed E-state index contributed by atoms with van der Waals surface area (Å²) in [6, 6.07) is 7.31. The predicted octanol–water partition coefficient (Wildman–Crippen LogP) is 3.24. The van der Waals surface area contributed by atoms with Gasteiger partial charge in [0.25, 0.3) is 0 Å². The Hall–Kier alpha value is -2.07. The number of halogens is 1. The van der Waals surface area contributed by atoms with Crippen molar-refractivity contribution in [3.05, 3.63) is 52.3 Å². The molecule has 0 aliphatic rings. The van der Waals surface area contributed by atoms with E-state index in [1.165, 1.54) is 6.08 Å². The fraction of sp³-hybridized carbons (Fsp3) is 0.143. The lowest BCUT2D eigenvalue weighted by Gasteiger charge is -2.07. The third-order valence-electron chi connectivity index (χ3n) is 2.63. The quantitative estimate of drug-likeness (QED) is 0.876. The van der Waals surface area contributed by atoms with E-state index < -0.39 is 5.97 Å². The first-order valence-corrected chi connectivity index (χ1v) is 6.09. The van der Waals surface area contributed by atoms with Crippen LogP contribution in [0.4, 0.5) is 0 Å². The Kier molecular flexibility index (Phi) is 3.71. The van der Waals surface area contributed by atoms with Crippen LogP contribution in [0.15, 0.2) is 30.3 Å². The number of hydrogen-bond donors (Lipinski definition) is 1. The number of carboxylic acids is 1. The number of benzene rings is 1. The maximum atomic E-state index is 10.5. The van der Waals surface area contributed by atoms with Crippen LogP contribution in [0, 0.1) is 13.8 Å². The molecule has 0 spiro atoms. The standard InChI is InChI=1S/C14H13ClN2O2/c1-9-7-10(2)17(16-9)13-5-3-11(8-12(13)15)4-6-14(18)19/h3-8H,1-2H3,(H,18,19)/b6-4+. The van der Waals surface area contributed by atoms with Gasteiger partial charge < -0.3 is 5.11 Å². The van der Waals surface area contributed by atoms with Gasteiger partial charge in [-0.25, -0.2) is 9.48 Å². The molecule has 1 N–H and O–H groups in total. The maximum absolute atomic E-state index is 10.5. The zero-order chi connectivity index (χ0) is 14.0. The van der Waals surface area contributed by atoms with E-state index in [-0.39, 0.29) is 0 Å². The van der Waals surface area contributed by atoms with E-state index in [0.717, 1.165) is 28.7 Å².